The smallest absolute Gasteiger partial charge is 0.251 e. The summed E-state index contributed by atoms with van der Waals surface area (Å²) in [6.45, 7) is 0.544. The number of hydrogen-bond acceptors (Lipinski definition) is 1. The molecule has 0 radical (unpaired) electrons. The topological polar surface area (TPSA) is 29.1 Å². The average molecular weight is 304 g/mol. The van der Waals surface area contributed by atoms with E-state index in [1.165, 1.54) is 18.2 Å². The van der Waals surface area contributed by atoms with Gasteiger partial charge < -0.3 is 5.32 Å². The van der Waals surface area contributed by atoms with E-state index in [-0.39, 0.29) is 11.3 Å². The molecule has 0 spiro atoms. The van der Waals surface area contributed by atoms with Gasteiger partial charge in [-0.1, -0.05) is 29.8 Å². The summed E-state index contributed by atoms with van der Waals surface area (Å²) in [6.07, 6.45) is 2.05. The molecule has 1 N–H and O–H groups in total. The summed E-state index contributed by atoms with van der Waals surface area (Å²) in [5, 5.41) is 3.60. The van der Waals surface area contributed by atoms with Crippen molar-refractivity contribution in [3.05, 3.63) is 70.5 Å². The molecular formula is C17H15ClFNO. The van der Waals surface area contributed by atoms with Gasteiger partial charge in [-0.05, 0) is 48.7 Å². The first-order valence-electron chi connectivity index (χ1n) is 6.89. The molecule has 0 atom stereocenters. The highest BCUT2D eigenvalue weighted by molar-refractivity contribution is 6.30. The van der Waals surface area contributed by atoms with Crippen LogP contribution in [0.2, 0.25) is 5.02 Å². The van der Waals surface area contributed by atoms with Crippen molar-refractivity contribution in [2.45, 2.75) is 18.3 Å². The number of amides is 1. The van der Waals surface area contributed by atoms with Crippen LogP contribution >= 0.6 is 11.6 Å². The summed E-state index contributed by atoms with van der Waals surface area (Å²) >= 11 is 6.03. The van der Waals surface area contributed by atoms with Crippen LogP contribution < -0.4 is 5.32 Å². The lowest BCUT2D eigenvalue weighted by Crippen LogP contribution is -2.32. The molecule has 0 aliphatic heterocycles. The lowest BCUT2D eigenvalue weighted by Gasteiger charge is -2.17. The highest BCUT2D eigenvalue weighted by Crippen LogP contribution is 2.48. The van der Waals surface area contributed by atoms with E-state index >= 15 is 0 Å². The monoisotopic (exact) mass is 303 g/mol. The summed E-state index contributed by atoms with van der Waals surface area (Å²) in [5.41, 5.74) is 1.47. The molecule has 1 aliphatic rings. The lowest BCUT2D eigenvalue weighted by atomic mass is 9.96. The molecule has 0 unspecified atom stereocenters. The standard InChI is InChI=1S/C17H15ClFNO/c18-14-5-2-4-13(10-14)17(7-8-17)11-20-16(21)12-3-1-6-15(19)9-12/h1-6,9-10H,7-8,11H2,(H,20,21). The minimum Gasteiger partial charge on any atom is -0.351 e. The fourth-order valence-corrected chi connectivity index (χ4v) is 2.71. The van der Waals surface area contributed by atoms with Gasteiger partial charge in [0.2, 0.25) is 0 Å². The number of carbonyl (C=O) groups is 1. The van der Waals surface area contributed by atoms with Gasteiger partial charge in [0.25, 0.3) is 5.91 Å². The molecule has 2 aromatic carbocycles. The average Bonchev–Trinajstić information content (AvgIpc) is 3.26. The number of hydrogen-bond donors (Lipinski definition) is 1. The van der Waals surface area contributed by atoms with Crippen LogP contribution in [-0.2, 0) is 5.41 Å². The van der Waals surface area contributed by atoms with Crippen molar-refractivity contribution >= 4 is 17.5 Å². The van der Waals surface area contributed by atoms with Gasteiger partial charge in [0.1, 0.15) is 5.82 Å². The van der Waals surface area contributed by atoms with Gasteiger partial charge >= 0.3 is 0 Å². The molecular weight excluding hydrogens is 289 g/mol. The zero-order chi connectivity index (χ0) is 14.9. The molecule has 21 heavy (non-hydrogen) atoms. The second-order valence-corrected chi connectivity index (χ2v) is 5.92. The van der Waals surface area contributed by atoms with Crippen molar-refractivity contribution in [2.24, 2.45) is 0 Å². The molecule has 108 valence electrons. The molecule has 4 heteroatoms. The van der Waals surface area contributed by atoms with E-state index in [1.54, 1.807) is 6.07 Å². The quantitative estimate of drug-likeness (QED) is 0.910. The molecule has 1 amide bonds. The van der Waals surface area contributed by atoms with E-state index < -0.39 is 5.82 Å². The fraction of sp³-hybridized carbons (Fsp3) is 0.235. The number of benzene rings is 2. The SMILES string of the molecule is O=C(NCC1(c2cccc(Cl)c2)CC1)c1cccc(F)c1. The molecule has 2 aromatic rings. The van der Waals surface area contributed by atoms with Gasteiger partial charge in [-0.15, -0.1) is 0 Å². The summed E-state index contributed by atoms with van der Waals surface area (Å²) in [6, 6.07) is 13.5. The van der Waals surface area contributed by atoms with Crippen molar-refractivity contribution in [1.82, 2.24) is 5.32 Å². The molecule has 0 aromatic heterocycles. The normalized spacial score (nSPS) is 15.5. The fourth-order valence-electron chi connectivity index (χ4n) is 2.52. The van der Waals surface area contributed by atoms with E-state index in [0.29, 0.717) is 17.1 Å². The molecule has 0 bridgehead atoms. The second-order valence-electron chi connectivity index (χ2n) is 5.48. The zero-order valence-corrected chi connectivity index (χ0v) is 12.2. The van der Waals surface area contributed by atoms with Crippen molar-refractivity contribution in [3.63, 3.8) is 0 Å². The molecule has 0 saturated heterocycles. The van der Waals surface area contributed by atoms with Crippen LogP contribution in [0.5, 0.6) is 0 Å². The first-order valence-corrected chi connectivity index (χ1v) is 7.27. The van der Waals surface area contributed by atoms with Gasteiger partial charge in [0.05, 0.1) is 0 Å². The lowest BCUT2D eigenvalue weighted by molar-refractivity contribution is 0.0949. The Bertz CT molecular complexity index is 682. The van der Waals surface area contributed by atoms with Crippen molar-refractivity contribution in [2.75, 3.05) is 6.54 Å². The highest BCUT2D eigenvalue weighted by atomic mass is 35.5. The van der Waals surface area contributed by atoms with Gasteiger partial charge in [0, 0.05) is 22.5 Å². The third kappa shape index (κ3) is 3.08. The Kier molecular flexibility index (Phi) is 3.68. The first kappa shape index (κ1) is 14.1. The highest BCUT2D eigenvalue weighted by Gasteiger charge is 2.44. The predicted octanol–water partition coefficient (Wildman–Crippen LogP) is 3.94. The summed E-state index contributed by atoms with van der Waals surface area (Å²) in [7, 11) is 0. The van der Waals surface area contributed by atoms with Crippen LogP contribution in [0.4, 0.5) is 4.39 Å². The maximum atomic E-state index is 13.1. The van der Waals surface area contributed by atoms with Crippen LogP contribution in [0.25, 0.3) is 0 Å². The predicted molar refractivity (Wildman–Crippen MR) is 81.1 cm³/mol. The van der Waals surface area contributed by atoms with E-state index in [9.17, 15) is 9.18 Å². The van der Waals surface area contributed by atoms with Crippen LogP contribution in [-0.4, -0.2) is 12.5 Å². The van der Waals surface area contributed by atoms with Gasteiger partial charge in [-0.3, -0.25) is 4.79 Å². The third-order valence-electron chi connectivity index (χ3n) is 3.96. The summed E-state index contributed by atoms with van der Waals surface area (Å²) in [5.74, 6) is -0.651. The zero-order valence-electron chi connectivity index (χ0n) is 11.4. The minimum atomic E-state index is -0.404. The van der Waals surface area contributed by atoms with Crippen LogP contribution in [0.3, 0.4) is 0 Å². The van der Waals surface area contributed by atoms with Gasteiger partial charge in [-0.2, -0.15) is 0 Å². The Morgan fingerprint density at radius 2 is 1.95 bits per heavy atom. The number of nitrogens with one attached hydrogen (secondary N) is 1. The number of carbonyl (C=O) groups excluding carboxylic acids is 1. The molecule has 1 fully saturated rings. The van der Waals surface area contributed by atoms with Crippen molar-refractivity contribution in [3.8, 4) is 0 Å². The Morgan fingerprint density at radius 1 is 1.19 bits per heavy atom. The van der Waals surface area contributed by atoms with Crippen molar-refractivity contribution in [1.29, 1.82) is 0 Å². The maximum absolute atomic E-state index is 13.1. The van der Waals surface area contributed by atoms with E-state index in [0.717, 1.165) is 18.4 Å². The molecule has 1 aliphatic carbocycles. The Hall–Kier alpha value is -1.87. The number of rotatable bonds is 4. The first-order chi connectivity index (χ1) is 10.1. The molecule has 3 rings (SSSR count). The number of halogens is 2. The van der Waals surface area contributed by atoms with Crippen LogP contribution in [0, 0.1) is 5.82 Å². The molecule has 0 heterocycles. The molecule has 2 nitrogen and oxygen atoms in total. The summed E-state index contributed by atoms with van der Waals surface area (Å²) in [4.78, 5) is 12.1. The Balaban J connectivity index is 1.69. The molecule has 1 saturated carbocycles. The van der Waals surface area contributed by atoms with Crippen LogP contribution in [0.15, 0.2) is 48.5 Å². The minimum absolute atomic E-state index is 0.0200. The van der Waals surface area contributed by atoms with Gasteiger partial charge in [-0.25, -0.2) is 4.39 Å². The van der Waals surface area contributed by atoms with E-state index in [1.807, 2.05) is 24.3 Å². The Labute approximate surface area is 127 Å². The van der Waals surface area contributed by atoms with E-state index in [4.69, 9.17) is 11.6 Å². The summed E-state index contributed by atoms with van der Waals surface area (Å²) < 4.78 is 13.1. The largest absolute Gasteiger partial charge is 0.351 e. The second kappa shape index (κ2) is 5.49. The maximum Gasteiger partial charge on any atom is 0.251 e. The Morgan fingerprint density at radius 3 is 2.62 bits per heavy atom. The van der Waals surface area contributed by atoms with Crippen molar-refractivity contribution < 1.29 is 9.18 Å². The third-order valence-corrected chi connectivity index (χ3v) is 4.20. The van der Waals surface area contributed by atoms with Gasteiger partial charge in [0.15, 0.2) is 0 Å². The van der Waals surface area contributed by atoms with Crippen LogP contribution in [0.1, 0.15) is 28.8 Å². The van der Waals surface area contributed by atoms with E-state index in [2.05, 4.69) is 5.32 Å².